The Labute approximate surface area is 107 Å². The predicted octanol–water partition coefficient (Wildman–Crippen LogP) is 4.95. The van der Waals surface area contributed by atoms with Gasteiger partial charge in [0.2, 0.25) is 0 Å². The van der Waals surface area contributed by atoms with Crippen LogP contribution in [0.1, 0.15) is 17.5 Å². The molecule has 0 nitrogen and oxygen atoms in total. The van der Waals surface area contributed by atoms with Gasteiger partial charge in [0.15, 0.2) is 0 Å². The van der Waals surface area contributed by atoms with E-state index in [0.29, 0.717) is 0 Å². The van der Waals surface area contributed by atoms with Crippen molar-refractivity contribution in [3.8, 4) is 0 Å². The summed E-state index contributed by atoms with van der Waals surface area (Å²) in [7, 11) is 0. The molecule has 0 atom stereocenters. The van der Waals surface area contributed by atoms with Gasteiger partial charge in [0.1, 0.15) is 0 Å². The van der Waals surface area contributed by atoms with Gasteiger partial charge < -0.3 is 0 Å². The minimum Gasteiger partial charge on any atom is -0.0836 e. The second-order valence-electron chi connectivity index (χ2n) is 4.96. The molecule has 18 heavy (non-hydrogen) atoms. The summed E-state index contributed by atoms with van der Waals surface area (Å²) in [4.78, 5) is 0. The molecule has 0 fully saturated rings. The van der Waals surface area contributed by atoms with E-state index in [2.05, 4.69) is 60.7 Å². The zero-order valence-electron chi connectivity index (χ0n) is 10.2. The van der Waals surface area contributed by atoms with Crippen molar-refractivity contribution < 1.29 is 0 Å². The van der Waals surface area contributed by atoms with Crippen LogP contribution in [0.2, 0.25) is 0 Å². The summed E-state index contributed by atoms with van der Waals surface area (Å²) in [5.41, 5.74) is 2.91. The summed E-state index contributed by atoms with van der Waals surface area (Å²) in [6.07, 6.45) is 6.87. The molecule has 1 aliphatic rings. The number of hydrogen-bond donors (Lipinski definition) is 0. The Balaban J connectivity index is 2.25. The third-order valence-electron chi connectivity index (χ3n) is 3.91. The van der Waals surface area contributed by atoms with E-state index in [4.69, 9.17) is 0 Å². The fourth-order valence-corrected chi connectivity index (χ4v) is 3.05. The van der Waals surface area contributed by atoms with Crippen molar-refractivity contribution in [1.29, 1.82) is 0 Å². The summed E-state index contributed by atoms with van der Waals surface area (Å²) in [6, 6.07) is 17.7. The molecule has 0 unspecified atom stereocenters. The summed E-state index contributed by atoms with van der Waals surface area (Å²) in [6.45, 7) is 0. The largest absolute Gasteiger partial charge is 0.0836 e. The van der Waals surface area contributed by atoms with Crippen molar-refractivity contribution in [2.45, 2.75) is 12.8 Å². The van der Waals surface area contributed by atoms with Crippen molar-refractivity contribution in [3.63, 3.8) is 0 Å². The first kappa shape index (κ1) is 9.90. The summed E-state index contributed by atoms with van der Waals surface area (Å²) >= 11 is 0. The van der Waals surface area contributed by atoms with Crippen molar-refractivity contribution in [3.05, 3.63) is 65.7 Å². The minimum atomic E-state index is 1.16. The van der Waals surface area contributed by atoms with Gasteiger partial charge in [0, 0.05) is 0 Å². The van der Waals surface area contributed by atoms with Gasteiger partial charge >= 0.3 is 0 Å². The molecule has 4 rings (SSSR count). The van der Waals surface area contributed by atoms with E-state index in [9.17, 15) is 0 Å². The molecule has 0 N–H and O–H groups in total. The van der Waals surface area contributed by atoms with E-state index in [0.717, 1.165) is 12.8 Å². The average molecular weight is 230 g/mol. The Morgan fingerprint density at radius 2 is 1.61 bits per heavy atom. The van der Waals surface area contributed by atoms with Crippen LogP contribution in [-0.2, 0) is 6.42 Å². The number of allylic oxidation sites excluding steroid dienone is 1. The Kier molecular flexibility index (Phi) is 2.04. The molecule has 0 radical (unpaired) electrons. The van der Waals surface area contributed by atoms with Gasteiger partial charge in [-0.15, -0.1) is 0 Å². The minimum absolute atomic E-state index is 1.16. The maximum Gasteiger partial charge on any atom is -0.00672 e. The first-order chi connectivity index (χ1) is 8.93. The molecular formula is C18H14. The summed E-state index contributed by atoms with van der Waals surface area (Å²) in [5, 5.41) is 5.55. The van der Waals surface area contributed by atoms with Crippen LogP contribution in [0.5, 0.6) is 0 Å². The quantitative estimate of drug-likeness (QED) is 0.479. The lowest BCUT2D eigenvalue weighted by Crippen LogP contribution is -1.95. The van der Waals surface area contributed by atoms with E-state index < -0.39 is 0 Å². The van der Waals surface area contributed by atoms with Crippen LogP contribution in [0.4, 0.5) is 0 Å². The van der Waals surface area contributed by atoms with Crippen LogP contribution >= 0.6 is 0 Å². The van der Waals surface area contributed by atoms with Crippen molar-refractivity contribution in [1.82, 2.24) is 0 Å². The lowest BCUT2D eigenvalue weighted by Gasteiger charge is -2.15. The van der Waals surface area contributed by atoms with E-state index in [1.165, 1.54) is 32.7 Å². The predicted molar refractivity (Wildman–Crippen MR) is 78.8 cm³/mol. The molecule has 3 aromatic carbocycles. The van der Waals surface area contributed by atoms with Gasteiger partial charge in [-0.05, 0) is 45.5 Å². The third kappa shape index (κ3) is 1.32. The number of hydrogen-bond acceptors (Lipinski definition) is 0. The van der Waals surface area contributed by atoms with E-state index in [1.807, 2.05) is 0 Å². The van der Waals surface area contributed by atoms with E-state index in [1.54, 1.807) is 0 Å². The smallest absolute Gasteiger partial charge is 0.00672 e. The van der Waals surface area contributed by atoms with Crippen LogP contribution < -0.4 is 0 Å². The SMILES string of the molecule is C1=Cc2ccc3ccc4ccccc4c3c2CC1. The summed E-state index contributed by atoms with van der Waals surface area (Å²) in [5.74, 6) is 0. The lowest BCUT2D eigenvalue weighted by atomic mass is 9.89. The highest BCUT2D eigenvalue weighted by Crippen LogP contribution is 2.33. The number of rotatable bonds is 0. The number of aryl methyl sites for hydroxylation is 1. The zero-order chi connectivity index (χ0) is 11.9. The zero-order valence-corrected chi connectivity index (χ0v) is 10.2. The average Bonchev–Trinajstić information content (AvgIpc) is 2.46. The Bertz CT molecular complexity index is 778. The second-order valence-corrected chi connectivity index (χ2v) is 4.96. The monoisotopic (exact) mass is 230 g/mol. The first-order valence-corrected chi connectivity index (χ1v) is 6.53. The molecule has 0 aromatic heterocycles. The third-order valence-corrected chi connectivity index (χ3v) is 3.91. The molecule has 1 aliphatic carbocycles. The van der Waals surface area contributed by atoms with Crippen molar-refractivity contribution in [2.75, 3.05) is 0 Å². The Morgan fingerprint density at radius 1 is 0.778 bits per heavy atom. The Morgan fingerprint density at radius 3 is 2.61 bits per heavy atom. The summed E-state index contributed by atoms with van der Waals surface area (Å²) < 4.78 is 0. The molecule has 86 valence electrons. The van der Waals surface area contributed by atoms with Gasteiger partial charge in [-0.25, -0.2) is 0 Å². The maximum atomic E-state index is 2.28. The standard InChI is InChI=1S/C18H14/c1-3-7-16-13(5-1)9-11-15-12-10-14-6-2-4-8-17(14)18(15)16/h1-3,5-7,9-12H,4,8H2. The van der Waals surface area contributed by atoms with Gasteiger partial charge in [0.05, 0.1) is 0 Å². The molecule has 0 saturated heterocycles. The van der Waals surface area contributed by atoms with Gasteiger partial charge in [-0.3, -0.25) is 0 Å². The highest BCUT2D eigenvalue weighted by atomic mass is 14.1. The molecule has 0 amide bonds. The van der Waals surface area contributed by atoms with Crippen molar-refractivity contribution in [2.24, 2.45) is 0 Å². The van der Waals surface area contributed by atoms with Gasteiger partial charge in [0.25, 0.3) is 0 Å². The molecule has 0 bridgehead atoms. The second kappa shape index (κ2) is 3.71. The fourth-order valence-electron chi connectivity index (χ4n) is 3.05. The molecule has 0 spiro atoms. The molecule has 0 saturated carbocycles. The lowest BCUT2D eigenvalue weighted by molar-refractivity contribution is 0.998. The normalized spacial score (nSPS) is 14.0. The molecular weight excluding hydrogens is 216 g/mol. The number of fused-ring (bicyclic) bond motifs is 5. The van der Waals surface area contributed by atoms with Crippen LogP contribution in [0.15, 0.2) is 54.6 Å². The number of benzene rings is 3. The molecule has 3 aromatic rings. The molecule has 0 aliphatic heterocycles. The Hall–Kier alpha value is -2.08. The van der Waals surface area contributed by atoms with E-state index >= 15 is 0 Å². The fraction of sp³-hybridized carbons (Fsp3) is 0.111. The van der Waals surface area contributed by atoms with Gasteiger partial charge in [-0.2, -0.15) is 0 Å². The topological polar surface area (TPSA) is 0 Å². The highest BCUT2D eigenvalue weighted by molar-refractivity contribution is 6.10. The first-order valence-electron chi connectivity index (χ1n) is 6.53. The molecule has 0 heteroatoms. The van der Waals surface area contributed by atoms with Crippen LogP contribution in [0.25, 0.3) is 27.6 Å². The van der Waals surface area contributed by atoms with Crippen LogP contribution in [-0.4, -0.2) is 0 Å². The van der Waals surface area contributed by atoms with Crippen LogP contribution in [0.3, 0.4) is 0 Å². The van der Waals surface area contributed by atoms with Gasteiger partial charge in [-0.1, -0.05) is 60.7 Å². The highest BCUT2D eigenvalue weighted by Gasteiger charge is 2.10. The van der Waals surface area contributed by atoms with Crippen molar-refractivity contribution >= 4 is 27.6 Å². The maximum absolute atomic E-state index is 2.28. The van der Waals surface area contributed by atoms with Crippen LogP contribution in [0, 0.1) is 0 Å². The van der Waals surface area contributed by atoms with E-state index in [-0.39, 0.29) is 0 Å². The molecule has 0 heterocycles.